The molecule has 1 aromatic rings. The third-order valence-electron chi connectivity index (χ3n) is 4.44. The second kappa shape index (κ2) is 10.0. The number of hydrogen-bond acceptors (Lipinski definition) is 6. The van der Waals surface area contributed by atoms with E-state index in [4.69, 9.17) is 21.6 Å². The molecule has 0 bridgehead atoms. The summed E-state index contributed by atoms with van der Waals surface area (Å²) in [5.74, 6) is 2.08. The molecule has 1 aromatic carbocycles. The molecule has 2 saturated heterocycles. The second-order valence-electron chi connectivity index (χ2n) is 6.67. The third kappa shape index (κ3) is 6.30. The molecule has 142 valence electrons. The summed E-state index contributed by atoms with van der Waals surface area (Å²) in [6, 6.07) is 9.53. The van der Waals surface area contributed by atoms with Crippen molar-refractivity contribution in [1.29, 1.82) is 0 Å². The molecule has 9 heteroatoms. The van der Waals surface area contributed by atoms with Gasteiger partial charge in [0, 0.05) is 24.1 Å². The van der Waals surface area contributed by atoms with Crippen LogP contribution < -0.4 is 5.09 Å². The van der Waals surface area contributed by atoms with Crippen LogP contribution in [-0.4, -0.2) is 44.2 Å². The van der Waals surface area contributed by atoms with E-state index in [-0.39, 0.29) is 30.7 Å². The Balaban J connectivity index is 1.59. The molecule has 26 heavy (non-hydrogen) atoms. The molecule has 1 N–H and O–H groups in total. The molecule has 2 aliphatic rings. The van der Waals surface area contributed by atoms with Crippen molar-refractivity contribution in [2.24, 2.45) is 5.92 Å². The minimum absolute atomic E-state index is 0.0685. The lowest BCUT2D eigenvalue weighted by atomic mass is 9.88. The standard InChI is InChI=1S/C17H25BNO4PS2/c1-13-9-16(22-17(13)18)11-21-24(20,23-15-7-8-25-26-12-15)19-10-14-5-3-2-4-6-14/h2-6,13,15-17H,7-12H2,1H3,(H,19,20). The van der Waals surface area contributed by atoms with E-state index < -0.39 is 7.75 Å². The van der Waals surface area contributed by atoms with E-state index in [1.165, 1.54) is 0 Å². The van der Waals surface area contributed by atoms with Crippen LogP contribution in [0.3, 0.4) is 0 Å². The van der Waals surface area contributed by atoms with E-state index in [1.54, 1.807) is 10.8 Å². The Hall–Kier alpha value is 0.0549. The van der Waals surface area contributed by atoms with Crippen LogP contribution in [0.15, 0.2) is 30.3 Å². The number of rotatable bonds is 8. The van der Waals surface area contributed by atoms with Crippen LogP contribution in [0.2, 0.25) is 0 Å². The first-order valence-corrected chi connectivity index (χ1v) is 12.9. The summed E-state index contributed by atoms with van der Waals surface area (Å²) in [7, 11) is 6.02. The molecule has 5 atom stereocenters. The van der Waals surface area contributed by atoms with Crippen LogP contribution in [0, 0.1) is 5.92 Å². The largest absolute Gasteiger partial charge is 0.406 e. The summed E-state index contributed by atoms with van der Waals surface area (Å²) in [6.07, 6.45) is 1.46. The van der Waals surface area contributed by atoms with Crippen molar-refractivity contribution in [3.05, 3.63) is 35.9 Å². The SMILES string of the molecule is [B]C1OC(COP(=O)(NCc2ccccc2)OC2CCSSC2)CC1C. The molecule has 0 aromatic heterocycles. The fourth-order valence-corrected chi connectivity index (χ4v) is 6.86. The van der Waals surface area contributed by atoms with Gasteiger partial charge in [-0.05, 0) is 24.3 Å². The van der Waals surface area contributed by atoms with Crippen LogP contribution in [-0.2, 0) is 24.9 Å². The number of hydrogen-bond donors (Lipinski definition) is 1. The highest BCUT2D eigenvalue weighted by atomic mass is 33.1. The lowest BCUT2D eigenvalue weighted by Crippen LogP contribution is -2.26. The Morgan fingerprint density at radius 3 is 2.81 bits per heavy atom. The Kier molecular flexibility index (Phi) is 8.00. The van der Waals surface area contributed by atoms with E-state index in [9.17, 15) is 4.57 Å². The average Bonchev–Trinajstić information content (AvgIpc) is 2.98. The quantitative estimate of drug-likeness (QED) is 0.393. The molecule has 3 rings (SSSR count). The van der Waals surface area contributed by atoms with Gasteiger partial charge in [0.15, 0.2) is 0 Å². The first-order chi connectivity index (χ1) is 12.5. The molecule has 0 saturated carbocycles. The van der Waals surface area contributed by atoms with Crippen LogP contribution in [0.25, 0.3) is 0 Å². The van der Waals surface area contributed by atoms with Crippen LogP contribution in [0.4, 0.5) is 0 Å². The first-order valence-electron chi connectivity index (χ1n) is 8.91. The Labute approximate surface area is 165 Å². The molecule has 5 unspecified atom stereocenters. The Morgan fingerprint density at radius 2 is 2.15 bits per heavy atom. The molecule has 5 nitrogen and oxygen atoms in total. The van der Waals surface area contributed by atoms with Crippen molar-refractivity contribution in [3.8, 4) is 0 Å². The molecule has 0 aliphatic carbocycles. The summed E-state index contributed by atoms with van der Waals surface area (Å²) >= 11 is 0. The van der Waals surface area contributed by atoms with E-state index in [0.29, 0.717) is 6.54 Å². The van der Waals surface area contributed by atoms with Gasteiger partial charge in [-0.3, -0.25) is 9.05 Å². The predicted octanol–water partition coefficient (Wildman–Crippen LogP) is 3.99. The number of ether oxygens (including phenoxy) is 1. The maximum atomic E-state index is 13.3. The van der Waals surface area contributed by atoms with Gasteiger partial charge in [0.2, 0.25) is 0 Å². The third-order valence-corrected chi connectivity index (χ3v) is 8.54. The lowest BCUT2D eigenvalue weighted by molar-refractivity contribution is 0.0373. The van der Waals surface area contributed by atoms with Crippen LogP contribution in [0.1, 0.15) is 25.3 Å². The van der Waals surface area contributed by atoms with Crippen LogP contribution in [0.5, 0.6) is 0 Å². The van der Waals surface area contributed by atoms with Gasteiger partial charge in [-0.1, -0.05) is 58.8 Å². The highest BCUT2D eigenvalue weighted by Crippen LogP contribution is 2.48. The lowest BCUT2D eigenvalue weighted by Gasteiger charge is -2.27. The van der Waals surface area contributed by atoms with Crippen molar-refractivity contribution in [1.82, 2.24) is 5.09 Å². The molecule has 2 aliphatic heterocycles. The van der Waals surface area contributed by atoms with Gasteiger partial charge in [-0.2, -0.15) is 0 Å². The predicted molar refractivity (Wildman–Crippen MR) is 109 cm³/mol. The van der Waals surface area contributed by atoms with Gasteiger partial charge in [-0.25, -0.2) is 9.65 Å². The molecule has 2 heterocycles. The fraction of sp³-hybridized carbons (Fsp3) is 0.647. The highest BCUT2D eigenvalue weighted by molar-refractivity contribution is 8.76. The van der Waals surface area contributed by atoms with E-state index >= 15 is 0 Å². The summed E-state index contributed by atoms with van der Waals surface area (Å²) in [5.41, 5.74) is 1.03. The van der Waals surface area contributed by atoms with Gasteiger partial charge in [0.1, 0.15) is 7.85 Å². The van der Waals surface area contributed by atoms with Gasteiger partial charge in [-0.15, -0.1) is 0 Å². The topological polar surface area (TPSA) is 56.8 Å². The van der Waals surface area contributed by atoms with Gasteiger partial charge < -0.3 is 4.74 Å². The molecule has 0 spiro atoms. The summed E-state index contributed by atoms with van der Waals surface area (Å²) in [5, 5.41) is 3.01. The molecular formula is C17H25BNO4PS2. The van der Waals surface area contributed by atoms with E-state index in [0.717, 1.165) is 29.9 Å². The normalized spacial score (nSPS) is 31.6. The number of nitrogens with one attached hydrogen (secondary N) is 1. The summed E-state index contributed by atoms with van der Waals surface area (Å²) < 4.78 is 30.7. The van der Waals surface area contributed by atoms with Crippen molar-refractivity contribution in [2.75, 3.05) is 18.1 Å². The molecule has 2 radical (unpaired) electrons. The minimum Gasteiger partial charge on any atom is -0.382 e. The van der Waals surface area contributed by atoms with Gasteiger partial charge in [0.05, 0.1) is 18.8 Å². The van der Waals surface area contributed by atoms with E-state index in [2.05, 4.69) is 5.09 Å². The molecule has 0 amide bonds. The smallest absolute Gasteiger partial charge is 0.382 e. The summed E-state index contributed by atoms with van der Waals surface area (Å²) in [4.78, 5) is 0. The first kappa shape index (κ1) is 20.8. The maximum absolute atomic E-state index is 13.3. The molecule has 2 fully saturated rings. The zero-order chi connectivity index (χ0) is 18.4. The van der Waals surface area contributed by atoms with E-state index in [1.807, 2.05) is 48.0 Å². The Bertz CT molecular complexity index is 596. The summed E-state index contributed by atoms with van der Waals surface area (Å²) in [6.45, 7) is 2.69. The zero-order valence-electron chi connectivity index (χ0n) is 14.9. The van der Waals surface area contributed by atoms with Crippen molar-refractivity contribution in [3.63, 3.8) is 0 Å². The maximum Gasteiger partial charge on any atom is 0.406 e. The Morgan fingerprint density at radius 1 is 1.35 bits per heavy atom. The fourth-order valence-electron chi connectivity index (χ4n) is 2.87. The van der Waals surface area contributed by atoms with Crippen molar-refractivity contribution < 1.29 is 18.3 Å². The van der Waals surface area contributed by atoms with Crippen molar-refractivity contribution >= 4 is 37.2 Å². The monoisotopic (exact) mass is 413 g/mol. The highest BCUT2D eigenvalue weighted by Gasteiger charge is 2.34. The average molecular weight is 413 g/mol. The van der Waals surface area contributed by atoms with Gasteiger partial charge in [0.25, 0.3) is 0 Å². The van der Waals surface area contributed by atoms with Gasteiger partial charge >= 0.3 is 7.75 Å². The van der Waals surface area contributed by atoms with Crippen LogP contribution >= 0.6 is 29.3 Å². The zero-order valence-corrected chi connectivity index (χ0v) is 17.4. The number of benzene rings is 1. The second-order valence-corrected chi connectivity index (χ2v) is 11.1. The minimum atomic E-state index is -3.44. The van der Waals surface area contributed by atoms with Crippen molar-refractivity contribution in [2.45, 2.75) is 44.5 Å². The molecular weight excluding hydrogens is 388 g/mol.